The lowest BCUT2D eigenvalue weighted by atomic mass is 9.68. The largest absolute Gasteiger partial charge is 0.462 e. The molecule has 2 nitrogen and oxygen atoms in total. The predicted molar refractivity (Wildman–Crippen MR) is 75.3 cm³/mol. The molecule has 1 saturated carbocycles. The minimum absolute atomic E-state index is 0.0468. The SMILES string of the molecule is C=C[C@@H]1CC[C@](C)(CCCC)C[C@H]1OC(=O)CC. The Morgan fingerprint density at radius 3 is 2.78 bits per heavy atom. The molecule has 0 bridgehead atoms. The first-order valence-corrected chi connectivity index (χ1v) is 7.36. The maximum atomic E-state index is 11.5. The highest BCUT2D eigenvalue weighted by Crippen LogP contribution is 2.43. The molecule has 3 atom stereocenters. The molecule has 104 valence electrons. The summed E-state index contributed by atoms with van der Waals surface area (Å²) < 4.78 is 5.61. The Bertz CT molecular complexity index is 285. The van der Waals surface area contributed by atoms with Crippen LogP contribution in [0.5, 0.6) is 0 Å². The third kappa shape index (κ3) is 4.15. The number of esters is 1. The molecule has 0 spiro atoms. The van der Waals surface area contributed by atoms with Crippen LogP contribution in [0.25, 0.3) is 0 Å². The van der Waals surface area contributed by atoms with E-state index >= 15 is 0 Å². The van der Waals surface area contributed by atoms with Crippen LogP contribution in [-0.2, 0) is 9.53 Å². The van der Waals surface area contributed by atoms with E-state index in [0.29, 0.717) is 17.8 Å². The van der Waals surface area contributed by atoms with Crippen LogP contribution in [0.3, 0.4) is 0 Å². The molecule has 0 amide bonds. The van der Waals surface area contributed by atoms with Gasteiger partial charge in [-0.15, -0.1) is 6.58 Å². The van der Waals surface area contributed by atoms with Crippen molar-refractivity contribution in [1.29, 1.82) is 0 Å². The predicted octanol–water partition coefficient (Wildman–Crippen LogP) is 4.49. The zero-order chi connectivity index (χ0) is 13.6. The maximum absolute atomic E-state index is 11.5. The molecule has 18 heavy (non-hydrogen) atoms. The van der Waals surface area contributed by atoms with Crippen LogP contribution in [0.1, 0.15) is 65.7 Å². The van der Waals surface area contributed by atoms with Crippen molar-refractivity contribution in [3.05, 3.63) is 12.7 Å². The molecule has 1 fully saturated rings. The number of hydrogen-bond donors (Lipinski definition) is 0. The summed E-state index contributed by atoms with van der Waals surface area (Å²) in [6.45, 7) is 10.3. The number of ether oxygens (including phenoxy) is 1. The van der Waals surface area contributed by atoms with Crippen molar-refractivity contribution < 1.29 is 9.53 Å². The van der Waals surface area contributed by atoms with Crippen molar-refractivity contribution in [3.63, 3.8) is 0 Å². The summed E-state index contributed by atoms with van der Waals surface area (Å²) in [7, 11) is 0. The molecule has 0 heterocycles. The molecule has 1 rings (SSSR count). The number of carbonyl (C=O) groups excluding carboxylic acids is 1. The van der Waals surface area contributed by atoms with E-state index in [-0.39, 0.29) is 12.1 Å². The molecule has 0 saturated heterocycles. The smallest absolute Gasteiger partial charge is 0.305 e. The number of carbonyl (C=O) groups is 1. The van der Waals surface area contributed by atoms with Crippen LogP contribution in [0.15, 0.2) is 12.7 Å². The molecular formula is C16H28O2. The summed E-state index contributed by atoms with van der Waals surface area (Å²) in [5.41, 5.74) is 0.341. The van der Waals surface area contributed by atoms with E-state index in [1.165, 1.54) is 25.7 Å². The van der Waals surface area contributed by atoms with E-state index in [9.17, 15) is 4.79 Å². The topological polar surface area (TPSA) is 26.3 Å². The van der Waals surface area contributed by atoms with Gasteiger partial charge in [0.2, 0.25) is 0 Å². The van der Waals surface area contributed by atoms with E-state index in [0.717, 1.165) is 12.8 Å². The molecule has 1 aliphatic carbocycles. The summed E-state index contributed by atoms with van der Waals surface area (Å²) in [5.74, 6) is 0.266. The summed E-state index contributed by atoms with van der Waals surface area (Å²) in [6, 6.07) is 0. The van der Waals surface area contributed by atoms with Crippen LogP contribution in [0.2, 0.25) is 0 Å². The van der Waals surface area contributed by atoms with Crippen molar-refractivity contribution in [2.45, 2.75) is 71.8 Å². The van der Waals surface area contributed by atoms with Gasteiger partial charge in [0, 0.05) is 12.3 Å². The molecule has 0 radical (unpaired) electrons. The van der Waals surface area contributed by atoms with Gasteiger partial charge in [0.25, 0.3) is 0 Å². The second kappa shape index (κ2) is 6.96. The zero-order valence-electron chi connectivity index (χ0n) is 12.2. The molecule has 2 heteroatoms. The van der Waals surface area contributed by atoms with Gasteiger partial charge < -0.3 is 4.74 Å². The maximum Gasteiger partial charge on any atom is 0.305 e. The molecule has 0 aromatic heterocycles. The van der Waals surface area contributed by atoms with Crippen LogP contribution in [-0.4, -0.2) is 12.1 Å². The highest BCUT2D eigenvalue weighted by Gasteiger charge is 2.37. The van der Waals surface area contributed by atoms with Gasteiger partial charge in [0.1, 0.15) is 6.10 Å². The number of hydrogen-bond acceptors (Lipinski definition) is 2. The summed E-state index contributed by atoms with van der Waals surface area (Å²) in [6.07, 6.45) is 9.55. The van der Waals surface area contributed by atoms with Gasteiger partial charge in [-0.25, -0.2) is 0 Å². The normalized spacial score (nSPS) is 31.9. The molecule has 0 unspecified atom stereocenters. The van der Waals surface area contributed by atoms with Crippen LogP contribution < -0.4 is 0 Å². The Morgan fingerprint density at radius 1 is 1.50 bits per heavy atom. The molecule has 0 aromatic rings. The van der Waals surface area contributed by atoms with E-state index in [2.05, 4.69) is 20.4 Å². The fourth-order valence-corrected chi connectivity index (χ4v) is 2.92. The Morgan fingerprint density at radius 2 is 2.22 bits per heavy atom. The Balaban J connectivity index is 2.64. The molecule has 0 aliphatic heterocycles. The summed E-state index contributed by atoms with van der Waals surface area (Å²) in [5, 5.41) is 0. The van der Waals surface area contributed by atoms with Crippen LogP contribution in [0.4, 0.5) is 0 Å². The van der Waals surface area contributed by atoms with Crippen molar-refractivity contribution in [2.75, 3.05) is 0 Å². The standard InChI is InChI=1S/C16H28O2/c1-5-8-10-16(4)11-9-13(6-2)14(12-16)18-15(17)7-3/h6,13-14H,2,5,7-12H2,1,3-4H3/t13-,14-,16+/m1/s1. The highest BCUT2D eigenvalue weighted by molar-refractivity contribution is 5.69. The lowest BCUT2D eigenvalue weighted by Crippen LogP contribution is -2.37. The van der Waals surface area contributed by atoms with Crippen molar-refractivity contribution >= 4 is 5.97 Å². The average Bonchev–Trinajstić information content (AvgIpc) is 2.36. The fraction of sp³-hybridized carbons (Fsp3) is 0.812. The van der Waals surface area contributed by atoms with Crippen LogP contribution >= 0.6 is 0 Å². The van der Waals surface area contributed by atoms with Crippen molar-refractivity contribution in [3.8, 4) is 0 Å². The zero-order valence-corrected chi connectivity index (χ0v) is 12.2. The second-order valence-electron chi connectivity index (χ2n) is 5.94. The van der Waals surface area contributed by atoms with E-state index in [1.807, 2.05) is 13.0 Å². The van der Waals surface area contributed by atoms with Gasteiger partial charge in [-0.05, 0) is 31.1 Å². The molecule has 0 N–H and O–H groups in total. The van der Waals surface area contributed by atoms with Crippen molar-refractivity contribution in [2.24, 2.45) is 11.3 Å². The first-order chi connectivity index (χ1) is 8.54. The third-order valence-electron chi connectivity index (χ3n) is 4.26. The highest BCUT2D eigenvalue weighted by atomic mass is 16.5. The van der Waals surface area contributed by atoms with Gasteiger partial charge in [0.05, 0.1) is 0 Å². The Kier molecular flexibility index (Phi) is 5.90. The van der Waals surface area contributed by atoms with Gasteiger partial charge >= 0.3 is 5.97 Å². The first kappa shape index (κ1) is 15.3. The Labute approximate surface area is 112 Å². The molecular weight excluding hydrogens is 224 g/mol. The Hall–Kier alpha value is -0.790. The van der Waals surface area contributed by atoms with Gasteiger partial charge in [0.15, 0.2) is 0 Å². The van der Waals surface area contributed by atoms with Crippen molar-refractivity contribution in [1.82, 2.24) is 0 Å². The summed E-state index contributed by atoms with van der Waals surface area (Å²) in [4.78, 5) is 11.5. The summed E-state index contributed by atoms with van der Waals surface area (Å²) >= 11 is 0. The van der Waals surface area contributed by atoms with Gasteiger partial charge in [-0.3, -0.25) is 4.79 Å². The monoisotopic (exact) mass is 252 g/mol. The third-order valence-corrected chi connectivity index (χ3v) is 4.26. The fourth-order valence-electron chi connectivity index (χ4n) is 2.92. The van der Waals surface area contributed by atoms with E-state index < -0.39 is 0 Å². The van der Waals surface area contributed by atoms with Gasteiger partial charge in [-0.1, -0.05) is 39.7 Å². The van der Waals surface area contributed by atoms with Crippen LogP contribution in [0, 0.1) is 11.3 Å². The minimum atomic E-state index is -0.0772. The lowest BCUT2D eigenvalue weighted by molar-refractivity contribution is -0.154. The molecule has 1 aliphatic rings. The van der Waals surface area contributed by atoms with E-state index in [4.69, 9.17) is 4.74 Å². The second-order valence-corrected chi connectivity index (χ2v) is 5.94. The molecule has 0 aromatic carbocycles. The first-order valence-electron chi connectivity index (χ1n) is 7.36. The van der Waals surface area contributed by atoms with Gasteiger partial charge in [-0.2, -0.15) is 0 Å². The lowest BCUT2D eigenvalue weighted by Gasteiger charge is -2.41. The number of rotatable bonds is 6. The quantitative estimate of drug-likeness (QED) is 0.514. The number of unbranched alkanes of at least 4 members (excludes halogenated alkanes) is 1. The average molecular weight is 252 g/mol. The minimum Gasteiger partial charge on any atom is -0.462 e. The van der Waals surface area contributed by atoms with E-state index in [1.54, 1.807) is 0 Å².